The number of hydrogen-bond acceptors (Lipinski definition) is 17. The highest BCUT2D eigenvalue weighted by atomic mass is 32.2. The smallest absolute Gasteiger partial charge is 0.338 e. The van der Waals surface area contributed by atoms with Crippen molar-refractivity contribution in [2.75, 3.05) is 42.8 Å². The topological polar surface area (TPSA) is 373 Å². The zero-order chi connectivity index (χ0) is 83.4. The van der Waals surface area contributed by atoms with E-state index in [1.54, 1.807) is 211 Å². The molecule has 0 bridgehead atoms. The van der Waals surface area contributed by atoms with E-state index in [2.05, 4.69) is 35.3 Å². The molecule has 0 atom stereocenters. The van der Waals surface area contributed by atoms with Crippen molar-refractivity contribution in [2.24, 2.45) is 5.14 Å². The van der Waals surface area contributed by atoms with Crippen LogP contribution in [0, 0.1) is 27.7 Å². The predicted molar refractivity (Wildman–Crippen MR) is 447 cm³/mol. The van der Waals surface area contributed by atoms with Gasteiger partial charge in [-0.2, -0.15) is 0 Å². The Hall–Kier alpha value is -8.70. The van der Waals surface area contributed by atoms with Gasteiger partial charge in [-0.3, -0.25) is 9.44 Å². The first kappa shape index (κ1) is 97.5. The summed E-state index contributed by atoms with van der Waals surface area (Å²) in [6.07, 6.45) is 9.92. The Morgan fingerprint density at radius 3 is 1.12 bits per heavy atom. The fourth-order valence-electron chi connectivity index (χ4n) is 9.52. The van der Waals surface area contributed by atoms with Crippen LogP contribution in [0.4, 0.5) is 11.4 Å². The van der Waals surface area contributed by atoms with Crippen LogP contribution in [0.15, 0.2) is 271 Å². The summed E-state index contributed by atoms with van der Waals surface area (Å²) in [5.74, 6) is -0.123. The zero-order valence-corrected chi connectivity index (χ0v) is 71.1. The Balaban J connectivity index is 0.000000340. The molecule has 31 heteroatoms. The Morgan fingerprint density at radius 2 is 0.714 bits per heavy atom. The number of rotatable bonds is 32. The van der Waals surface area contributed by atoms with Crippen molar-refractivity contribution in [2.45, 2.75) is 174 Å². The SMILES string of the molecule is CCCCCCCOC(=O)c1ccc(S(N)(=O)=O)cc1.CCCCNS(=O)(=O)c1ccc(C)cc1.CCCCNS(=O)(=O)c1ccccc1.CCCNS(=O)(=O)c1ccccc1C.COc1ccccc1S(=O)(=O)Nc1ccccc1.Cc1ccccc1S(=O)(=O)NC(C)C.Cc1ccccc1S(=O)(=O)Nc1ccccc1. The van der Waals surface area contributed by atoms with Gasteiger partial charge < -0.3 is 9.47 Å². The fourth-order valence-corrected chi connectivity index (χ4v) is 17.6. The quantitative estimate of drug-likeness (QED) is 0.0152. The Labute approximate surface area is 666 Å². The van der Waals surface area contributed by atoms with E-state index in [1.165, 1.54) is 50.3 Å². The third-order valence-corrected chi connectivity index (χ3v) is 25.7. The Morgan fingerprint density at radius 1 is 0.357 bits per heavy atom. The lowest BCUT2D eigenvalue weighted by Crippen LogP contribution is -2.30. The van der Waals surface area contributed by atoms with Crippen molar-refractivity contribution < 1.29 is 73.2 Å². The predicted octanol–water partition coefficient (Wildman–Crippen LogP) is 15.0. The molecule has 0 radical (unpaired) electrons. The van der Waals surface area contributed by atoms with Crippen molar-refractivity contribution >= 4 is 87.5 Å². The molecule has 0 unspecified atom stereocenters. The number of primary sulfonamides is 1. The molecule has 0 saturated carbocycles. The molecule has 9 aromatic rings. The lowest BCUT2D eigenvalue weighted by molar-refractivity contribution is 0.0497. The minimum absolute atomic E-state index is 0.0198. The van der Waals surface area contributed by atoms with Gasteiger partial charge in [-0.05, 0) is 187 Å². The number of methoxy groups -OCH3 is 1. The van der Waals surface area contributed by atoms with Gasteiger partial charge in [-0.25, -0.2) is 87.7 Å². The molecule has 8 N–H and O–H groups in total. The number of aryl methyl sites for hydroxylation is 4. The second kappa shape index (κ2) is 49.7. The molecule has 0 saturated heterocycles. The normalized spacial score (nSPS) is 11.4. The molecule has 612 valence electrons. The zero-order valence-electron chi connectivity index (χ0n) is 65.4. The van der Waals surface area contributed by atoms with Crippen molar-refractivity contribution in [3.63, 3.8) is 0 Å². The van der Waals surface area contributed by atoms with E-state index in [0.717, 1.165) is 73.6 Å². The molecule has 9 aromatic carbocycles. The van der Waals surface area contributed by atoms with E-state index >= 15 is 0 Å². The number of nitrogens with one attached hydrogen (secondary N) is 6. The average Bonchev–Trinajstić information content (AvgIpc) is 0.811. The molecule has 24 nitrogen and oxygen atoms in total. The van der Waals surface area contributed by atoms with E-state index in [1.807, 2.05) is 58.0 Å². The van der Waals surface area contributed by atoms with E-state index in [0.29, 0.717) is 73.4 Å². The summed E-state index contributed by atoms with van der Waals surface area (Å²) in [7, 11) is -22.6. The van der Waals surface area contributed by atoms with E-state index in [9.17, 15) is 63.7 Å². The number of hydrogen-bond donors (Lipinski definition) is 7. The number of carbonyl (C=O) groups is 1. The van der Waals surface area contributed by atoms with Crippen molar-refractivity contribution in [3.05, 3.63) is 264 Å². The van der Waals surface area contributed by atoms with Gasteiger partial charge >= 0.3 is 5.97 Å². The minimum Gasteiger partial charge on any atom is -0.495 e. The first-order valence-electron chi connectivity index (χ1n) is 36.3. The first-order chi connectivity index (χ1) is 52.9. The number of esters is 1. The van der Waals surface area contributed by atoms with Crippen LogP contribution < -0.4 is 38.2 Å². The maximum atomic E-state index is 12.2. The van der Waals surface area contributed by atoms with E-state index in [4.69, 9.17) is 14.6 Å². The summed E-state index contributed by atoms with van der Waals surface area (Å²) >= 11 is 0. The van der Waals surface area contributed by atoms with Crippen molar-refractivity contribution in [1.29, 1.82) is 0 Å². The lowest BCUT2D eigenvalue weighted by atomic mass is 10.2. The first-order valence-corrected chi connectivity index (χ1v) is 46.7. The second-order valence-corrected chi connectivity index (χ2v) is 37.1. The van der Waals surface area contributed by atoms with Crippen LogP contribution in [0.5, 0.6) is 5.75 Å². The Bertz CT molecular complexity index is 5110. The molecule has 0 amide bonds. The number of benzene rings is 9. The van der Waals surface area contributed by atoms with Gasteiger partial charge in [0.2, 0.25) is 50.1 Å². The van der Waals surface area contributed by atoms with E-state index in [-0.39, 0.29) is 15.8 Å². The number of anilines is 2. The summed E-state index contributed by atoms with van der Waals surface area (Å²) in [6, 6.07) is 65.5. The van der Waals surface area contributed by atoms with Gasteiger partial charge in [-0.15, -0.1) is 0 Å². The number of unbranched alkanes of at least 4 members (excludes halogenated alkanes) is 6. The number of nitrogens with two attached hydrogens (primary N) is 1. The van der Waals surface area contributed by atoms with E-state index < -0.39 is 76.1 Å². The van der Waals surface area contributed by atoms with Crippen LogP contribution in [0.1, 0.15) is 138 Å². The van der Waals surface area contributed by atoms with Gasteiger partial charge in [0.05, 0.1) is 48.7 Å². The molecule has 9 rings (SSSR count). The third kappa shape index (κ3) is 36.4. The monoisotopic (exact) mass is 1680 g/mol. The number of sulfonamides is 7. The number of carbonyl (C=O) groups excluding carboxylic acids is 1. The van der Waals surface area contributed by atoms with Crippen LogP contribution in [-0.4, -0.2) is 104 Å². The molecule has 0 aliphatic carbocycles. The second-order valence-electron chi connectivity index (χ2n) is 25.3. The molecular weight excluding hydrogens is 1570 g/mol. The minimum atomic E-state index is -3.73. The fraction of sp³-hybridized carbons (Fsp3) is 0.321. The highest BCUT2D eigenvalue weighted by Gasteiger charge is 2.22. The molecule has 0 aliphatic rings. The Kier molecular flexibility index (Phi) is 43.3. The highest BCUT2D eigenvalue weighted by Crippen LogP contribution is 2.26. The summed E-state index contributed by atoms with van der Waals surface area (Å²) in [5, 5.41) is 4.98. The third-order valence-electron chi connectivity index (χ3n) is 15.4. The van der Waals surface area contributed by atoms with Gasteiger partial charge in [-0.1, -0.05) is 205 Å². The lowest BCUT2D eigenvalue weighted by Gasteiger charge is -2.11. The average molecular weight is 1680 g/mol. The molecule has 0 fully saturated rings. The van der Waals surface area contributed by atoms with Gasteiger partial charge in [0.1, 0.15) is 10.6 Å². The van der Waals surface area contributed by atoms with Crippen LogP contribution in [-0.2, 0) is 74.9 Å². The summed E-state index contributed by atoms with van der Waals surface area (Å²) in [6.45, 7) is 20.9. The van der Waals surface area contributed by atoms with Gasteiger partial charge in [0.25, 0.3) is 20.0 Å². The van der Waals surface area contributed by atoms with Crippen LogP contribution >= 0.6 is 0 Å². The van der Waals surface area contributed by atoms with Crippen molar-refractivity contribution in [3.8, 4) is 5.75 Å². The molecule has 0 aliphatic heterocycles. The number of para-hydroxylation sites is 3. The molecule has 0 aromatic heterocycles. The van der Waals surface area contributed by atoms with Crippen molar-refractivity contribution in [1.82, 2.24) is 18.9 Å². The molecule has 0 spiro atoms. The summed E-state index contributed by atoms with van der Waals surface area (Å²) in [5.41, 5.74) is 4.74. The van der Waals surface area contributed by atoms with Crippen LogP contribution in [0.25, 0.3) is 0 Å². The molecular formula is C81H109N7O17S7. The maximum Gasteiger partial charge on any atom is 0.338 e. The highest BCUT2D eigenvalue weighted by molar-refractivity contribution is 7.93. The summed E-state index contributed by atoms with van der Waals surface area (Å²) < 4.78 is 190. The molecule has 0 heterocycles. The standard InChI is InChI=1S/C14H21NO4S.C13H13NO3S.C13H13NO2S.C11H17NO2S.3C10H15NO2S/c1-2-3-4-5-6-11-19-14(16)12-7-9-13(10-8-12)20(15,17)18;1-17-12-9-5-6-10-13(12)18(15,16)14-11-7-3-2-4-8-11;1-11-7-5-6-10-13(11)17(15,16)14-12-8-3-2-4-9-12;1-3-4-9-12-15(13,14)11-7-5-10(2)6-8-11;1-8(2)11-14(12,13)10-7-5-4-6-9(10)3;1-3-8-11-14(12,13)10-7-5-4-6-9(10)2;1-2-3-9-11-14(12,13)10-7-5-4-6-8-10/h7-10H,2-6,11H2,1H3,(H2,15,17,18);2-10,14H,1H3;2-10,14H,1H3;5-8,12H,3-4,9H2,1-2H3;4-8,11H,1-3H3;4-7,11H,3,8H2,1-2H3;4-8,11H,2-3,9H2,1H3. The number of ether oxygens (including phenoxy) is 2. The maximum absolute atomic E-state index is 12.2. The van der Waals surface area contributed by atoms with Crippen LogP contribution in [0.2, 0.25) is 0 Å². The van der Waals surface area contributed by atoms with Crippen LogP contribution in [0.3, 0.4) is 0 Å². The van der Waals surface area contributed by atoms with Gasteiger partial charge in [0, 0.05) is 37.1 Å². The summed E-state index contributed by atoms with van der Waals surface area (Å²) in [4.78, 5) is 13.5. The molecule has 112 heavy (non-hydrogen) atoms. The van der Waals surface area contributed by atoms with Gasteiger partial charge in [0.15, 0.2) is 0 Å². The largest absolute Gasteiger partial charge is 0.495 e.